The lowest BCUT2D eigenvalue weighted by Gasteiger charge is -2.11. The van der Waals surface area contributed by atoms with Crippen molar-refractivity contribution in [3.05, 3.63) is 35.0 Å². The molecule has 0 fully saturated rings. The molecule has 0 saturated heterocycles. The van der Waals surface area contributed by atoms with Gasteiger partial charge in [-0.2, -0.15) is 10.3 Å². The van der Waals surface area contributed by atoms with Gasteiger partial charge in [-0.1, -0.05) is 5.21 Å². The number of hydrogen-bond acceptors (Lipinski definition) is 6. The van der Waals surface area contributed by atoms with Gasteiger partial charge in [0, 0.05) is 12.3 Å². The van der Waals surface area contributed by atoms with E-state index in [0.29, 0.717) is 17.0 Å². The van der Waals surface area contributed by atoms with Crippen molar-refractivity contribution in [2.24, 2.45) is 0 Å². The summed E-state index contributed by atoms with van der Waals surface area (Å²) in [7, 11) is 0. The third-order valence-corrected chi connectivity index (χ3v) is 3.19. The third kappa shape index (κ3) is 2.33. The number of amides is 1. The van der Waals surface area contributed by atoms with Crippen molar-refractivity contribution in [1.29, 1.82) is 0 Å². The molecule has 0 bridgehead atoms. The van der Waals surface area contributed by atoms with Crippen molar-refractivity contribution in [1.82, 2.24) is 40.5 Å². The van der Waals surface area contributed by atoms with Gasteiger partial charge in [-0.15, -0.1) is 10.2 Å². The van der Waals surface area contributed by atoms with Gasteiger partial charge in [0.05, 0.1) is 23.0 Å². The maximum absolute atomic E-state index is 12.3. The molecule has 21 heavy (non-hydrogen) atoms. The number of tetrazole rings is 1. The molecule has 0 aromatic carbocycles. The first-order valence-corrected chi connectivity index (χ1v) is 6.42. The zero-order chi connectivity index (χ0) is 15.0. The average Bonchev–Trinajstić information content (AvgIpc) is 3.07. The van der Waals surface area contributed by atoms with Crippen LogP contribution in [0.5, 0.6) is 0 Å². The molecule has 0 spiro atoms. The molecule has 0 radical (unpaired) electrons. The van der Waals surface area contributed by atoms with Crippen LogP contribution in [-0.2, 0) is 0 Å². The van der Waals surface area contributed by atoms with E-state index in [1.165, 1.54) is 0 Å². The molecule has 3 heterocycles. The van der Waals surface area contributed by atoms with Crippen LogP contribution < -0.4 is 5.32 Å². The minimum absolute atomic E-state index is 0.257. The normalized spacial score (nSPS) is 12.5. The van der Waals surface area contributed by atoms with Gasteiger partial charge < -0.3 is 5.32 Å². The summed E-state index contributed by atoms with van der Waals surface area (Å²) in [4.78, 5) is 16.6. The molecule has 1 atom stereocenters. The van der Waals surface area contributed by atoms with E-state index in [1.807, 2.05) is 19.9 Å². The van der Waals surface area contributed by atoms with Gasteiger partial charge in [0.1, 0.15) is 0 Å². The molecule has 0 aliphatic rings. The highest BCUT2D eigenvalue weighted by Crippen LogP contribution is 2.12. The predicted octanol–water partition coefficient (Wildman–Crippen LogP) is 0.350. The Kier molecular flexibility index (Phi) is 3.09. The second-order valence-corrected chi connectivity index (χ2v) is 4.78. The molecule has 2 N–H and O–H groups in total. The van der Waals surface area contributed by atoms with Crippen molar-refractivity contribution in [3.8, 4) is 0 Å². The zero-order valence-electron chi connectivity index (χ0n) is 11.8. The molecular formula is C12H14N8O. The standard InChI is InChI=1S/C12H14N8O/c1-6-4-10-13-5-9(8(3)20(10)17-6)12(21)14-7(2)11-15-18-19-16-11/h4-5,7H,1-3H3,(H,14,21)(H,15,16,18,19). The van der Waals surface area contributed by atoms with Gasteiger partial charge >= 0.3 is 0 Å². The molecule has 0 saturated carbocycles. The number of nitrogens with one attached hydrogen (secondary N) is 2. The second kappa shape index (κ2) is 4.93. The van der Waals surface area contributed by atoms with Gasteiger partial charge in [-0.3, -0.25) is 4.79 Å². The summed E-state index contributed by atoms with van der Waals surface area (Å²) in [6, 6.07) is 1.50. The van der Waals surface area contributed by atoms with Crippen LogP contribution in [0.2, 0.25) is 0 Å². The van der Waals surface area contributed by atoms with Crippen molar-refractivity contribution < 1.29 is 4.79 Å². The molecule has 1 unspecified atom stereocenters. The van der Waals surface area contributed by atoms with Gasteiger partial charge in [0.25, 0.3) is 5.91 Å². The number of fused-ring (bicyclic) bond motifs is 1. The van der Waals surface area contributed by atoms with E-state index in [9.17, 15) is 4.79 Å². The van der Waals surface area contributed by atoms with Crippen molar-refractivity contribution in [3.63, 3.8) is 0 Å². The highest BCUT2D eigenvalue weighted by molar-refractivity contribution is 5.95. The average molecular weight is 286 g/mol. The number of rotatable bonds is 3. The highest BCUT2D eigenvalue weighted by atomic mass is 16.1. The Hall–Kier alpha value is -2.84. The van der Waals surface area contributed by atoms with Crippen LogP contribution in [0.3, 0.4) is 0 Å². The van der Waals surface area contributed by atoms with E-state index in [1.54, 1.807) is 17.6 Å². The molecule has 108 valence electrons. The summed E-state index contributed by atoms with van der Waals surface area (Å²) < 4.78 is 1.66. The van der Waals surface area contributed by atoms with Crippen molar-refractivity contribution in [2.75, 3.05) is 0 Å². The lowest BCUT2D eigenvalue weighted by molar-refractivity contribution is 0.0936. The van der Waals surface area contributed by atoms with Gasteiger partial charge in [0.15, 0.2) is 11.5 Å². The Balaban J connectivity index is 1.89. The first kappa shape index (κ1) is 13.2. The van der Waals surface area contributed by atoms with Crippen LogP contribution in [0.25, 0.3) is 5.65 Å². The largest absolute Gasteiger partial charge is 0.342 e. The fourth-order valence-electron chi connectivity index (χ4n) is 2.08. The Morgan fingerprint density at radius 1 is 1.43 bits per heavy atom. The Labute approximate surface area is 119 Å². The number of aromatic amines is 1. The van der Waals surface area contributed by atoms with Crippen molar-refractivity contribution in [2.45, 2.75) is 26.8 Å². The van der Waals surface area contributed by atoms with Crippen LogP contribution in [0.4, 0.5) is 0 Å². The number of aromatic nitrogens is 7. The number of nitrogens with zero attached hydrogens (tertiary/aromatic N) is 6. The Morgan fingerprint density at radius 3 is 2.95 bits per heavy atom. The van der Waals surface area contributed by atoms with Gasteiger partial charge in [0.2, 0.25) is 0 Å². The van der Waals surface area contributed by atoms with Gasteiger partial charge in [-0.05, 0) is 20.8 Å². The van der Waals surface area contributed by atoms with Crippen LogP contribution in [0.15, 0.2) is 12.3 Å². The summed E-state index contributed by atoms with van der Waals surface area (Å²) >= 11 is 0. The maximum Gasteiger partial charge on any atom is 0.255 e. The summed E-state index contributed by atoms with van der Waals surface area (Å²) in [6.07, 6.45) is 1.55. The molecule has 1 amide bonds. The van der Waals surface area contributed by atoms with Crippen LogP contribution in [0.1, 0.15) is 40.5 Å². The van der Waals surface area contributed by atoms with E-state index in [-0.39, 0.29) is 11.9 Å². The molecule has 3 rings (SSSR count). The number of aryl methyl sites for hydroxylation is 2. The molecule has 3 aromatic heterocycles. The summed E-state index contributed by atoms with van der Waals surface area (Å²) in [6.45, 7) is 5.49. The van der Waals surface area contributed by atoms with Gasteiger partial charge in [-0.25, -0.2) is 9.50 Å². The fraction of sp³-hybridized carbons (Fsp3) is 0.333. The quantitative estimate of drug-likeness (QED) is 0.718. The van der Waals surface area contributed by atoms with E-state index in [0.717, 1.165) is 11.4 Å². The predicted molar refractivity (Wildman–Crippen MR) is 72.5 cm³/mol. The molecule has 9 nitrogen and oxygen atoms in total. The maximum atomic E-state index is 12.3. The van der Waals surface area contributed by atoms with E-state index in [4.69, 9.17) is 0 Å². The smallest absolute Gasteiger partial charge is 0.255 e. The molecule has 0 aliphatic carbocycles. The Bertz CT molecular complexity index is 791. The van der Waals surface area contributed by atoms with E-state index >= 15 is 0 Å². The lowest BCUT2D eigenvalue weighted by Crippen LogP contribution is -2.28. The van der Waals surface area contributed by atoms with E-state index < -0.39 is 0 Å². The number of H-pyrrole nitrogens is 1. The van der Waals surface area contributed by atoms with E-state index in [2.05, 4.69) is 36.0 Å². The van der Waals surface area contributed by atoms with Crippen LogP contribution >= 0.6 is 0 Å². The minimum Gasteiger partial charge on any atom is -0.342 e. The fourth-order valence-corrected chi connectivity index (χ4v) is 2.08. The molecule has 9 heteroatoms. The molecular weight excluding hydrogens is 272 g/mol. The lowest BCUT2D eigenvalue weighted by atomic mass is 10.2. The van der Waals surface area contributed by atoms with Crippen molar-refractivity contribution >= 4 is 11.6 Å². The monoisotopic (exact) mass is 286 g/mol. The van der Waals surface area contributed by atoms with Crippen LogP contribution in [-0.4, -0.2) is 41.1 Å². The molecule has 0 aliphatic heterocycles. The third-order valence-electron chi connectivity index (χ3n) is 3.19. The number of hydrogen-bond donors (Lipinski definition) is 2. The highest BCUT2D eigenvalue weighted by Gasteiger charge is 2.18. The number of carbonyl (C=O) groups excluding carboxylic acids is 1. The first-order chi connectivity index (χ1) is 10.1. The summed E-state index contributed by atoms with van der Waals surface area (Å²) in [5.41, 5.74) is 2.75. The Morgan fingerprint density at radius 2 is 2.24 bits per heavy atom. The minimum atomic E-state index is -0.356. The summed E-state index contributed by atoms with van der Waals surface area (Å²) in [5, 5.41) is 20.6. The first-order valence-electron chi connectivity index (χ1n) is 6.42. The summed E-state index contributed by atoms with van der Waals surface area (Å²) in [5.74, 6) is 0.164. The zero-order valence-corrected chi connectivity index (χ0v) is 11.8. The topological polar surface area (TPSA) is 114 Å². The van der Waals surface area contributed by atoms with Crippen LogP contribution in [0, 0.1) is 13.8 Å². The number of carbonyl (C=O) groups is 1. The SMILES string of the molecule is Cc1cc2ncc(C(=O)NC(C)c3nn[nH]n3)c(C)n2n1. The second-order valence-electron chi connectivity index (χ2n) is 4.78. The molecule has 3 aromatic rings.